The zero-order valence-corrected chi connectivity index (χ0v) is 13.1. The standard InChI is InChI=1S/C17H25N3O/c1-17(2,13-18)9-3-4-10-21-16-8-7-15(20-12-16)11-19-14-5-6-14/h7-8,12,14,19H,3-6,9-11H2,1-2H3. The van der Waals surface area contributed by atoms with Crippen molar-refractivity contribution in [3.8, 4) is 11.8 Å². The Bertz CT molecular complexity index is 472. The van der Waals surface area contributed by atoms with E-state index in [4.69, 9.17) is 10.00 Å². The van der Waals surface area contributed by atoms with Crippen molar-refractivity contribution in [2.24, 2.45) is 5.41 Å². The second-order valence-corrected chi connectivity index (χ2v) is 6.44. The molecule has 1 heterocycles. The van der Waals surface area contributed by atoms with Crippen molar-refractivity contribution in [3.63, 3.8) is 0 Å². The summed E-state index contributed by atoms with van der Waals surface area (Å²) < 4.78 is 5.68. The summed E-state index contributed by atoms with van der Waals surface area (Å²) in [5.74, 6) is 0.824. The molecule has 0 radical (unpaired) electrons. The van der Waals surface area contributed by atoms with Gasteiger partial charge in [0.05, 0.1) is 30.0 Å². The van der Waals surface area contributed by atoms with Crippen LogP contribution < -0.4 is 10.1 Å². The van der Waals surface area contributed by atoms with Gasteiger partial charge in [-0.15, -0.1) is 0 Å². The van der Waals surface area contributed by atoms with Gasteiger partial charge in [-0.25, -0.2) is 0 Å². The Kier molecular flexibility index (Phi) is 5.58. The monoisotopic (exact) mass is 287 g/mol. The van der Waals surface area contributed by atoms with Crippen LogP contribution in [0.25, 0.3) is 0 Å². The van der Waals surface area contributed by atoms with Gasteiger partial charge in [-0.2, -0.15) is 5.26 Å². The number of hydrogen-bond donors (Lipinski definition) is 1. The third kappa shape index (κ3) is 6.14. The van der Waals surface area contributed by atoms with E-state index in [2.05, 4.69) is 16.4 Å². The van der Waals surface area contributed by atoms with Gasteiger partial charge in [0.2, 0.25) is 0 Å². The molecule has 2 rings (SSSR count). The molecule has 0 bridgehead atoms. The summed E-state index contributed by atoms with van der Waals surface area (Å²) in [4.78, 5) is 4.40. The summed E-state index contributed by atoms with van der Waals surface area (Å²) in [6, 6.07) is 7.03. The number of nitriles is 1. The summed E-state index contributed by atoms with van der Waals surface area (Å²) in [6.45, 7) is 5.48. The predicted octanol–water partition coefficient (Wildman–Crippen LogP) is 3.43. The lowest BCUT2D eigenvalue weighted by Crippen LogP contribution is -2.16. The molecule has 0 aliphatic heterocycles. The minimum atomic E-state index is -0.224. The molecule has 1 aromatic rings. The van der Waals surface area contributed by atoms with Gasteiger partial charge in [0, 0.05) is 12.6 Å². The predicted molar refractivity (Wildman–Crippen MR) is 82.8 cm³/mol. The van der Waals surface area contributed by atoms with Gasteiger partial charge in [-0.1, -0.05) is 0 Å². The number of unbranched alkanes of at least 4 members (excludes halogenated alkanes) is 1. The van der Waals surface area contributed by atoms with Crippen molar-refractivity contribution in [2.75, 3.05) is 6.61 Å². The number of hydrogen-bond acceptors (Lipinski definition) is 4. The van der Waals surface area contributed by atoms with Gasteiger partial charge in [-0.05, 0) is 58.1 Å². The summed E-state index contributed by atoms with van der Waals surface area (Å²) >= 11 is 0. The molecular formula is C17H25N3O. The zero-order chi connectivity index (χ0) is 15.1. The molecule has 0 unspecified atom stereocenters. The molecular weight excluding hydrogens is 262 g/mol. The van der Waals surface area contributed by atoms with Crippen LogP contribution in [0, 0.1) is 16.7 Å². The average Bonchev–Trinajstić information content (AvgIpc) is 3.30. The molecule has 4 heteroatoms. The first-order valence-corrected chi connectivity index (χ1v) is 7.81. The number of aromatic nitrogens is 1. The highest BCUT2D eigenvalue weighted by Crippen LogP contribution is 2.22. The number of nitrogens with zero attached hydrogens (tertiary/aromatic N) is 2. The third-order valence-electron chi connectivity index (χ3n) is 3.71. The molecule has 4 nitrogen and oxygen atoms in total. The van der Waals surface area contributed by atoms with Crippen LogP contribution in [0.4, 0.5) is 0 Å². The minimum Gasteiger partial charge on any atom is -0.492 e. The first-order valence-electron chi connectivity index (χ1n) is 7.81. The molecule has 0 amide bonds. The Morgan fingerprint density at radius 2 is 2.19 bits per heavy atom. The van der Waals surface area contributed by atoms with Crippen molar-refractivity contribution in [3.05, 3.63) is 24.0 Å². The Morgan fingerprint density at radius 3 is 2.81 bits per heavy atom. The minimum absolute atomic E-state index is 0.224. The van der Waals surface area contributed by atoms with Crippen molar-refractivity contribution in [1.29, 1.82) is 5.26 Å². The second-order valence-electron chi connectivity index (χ2n) is 6.44. The van der Waals surface area contributed by atoms with Crippen molar-refractivity contribution in [1.82, 2.24) is 10.3 Å². The fourth-order valence-electron chi connectivity index (χ4n) is 2.05. The molecule has 0 atom stereocenters. The fourth-order valence-corrected chi connectivity index (χ4v) is 2.05. The van der Waals surface area contributed by atoms with Gasteiger partial charge >= 0.3 is 0 Å². The van der Waals surface area contributed by atoms with E-state index in [9.17, 15) is 0 Å². The van der Waals surface area contributed by atoms with Gasteiger partial charge < -0.3 is 10.1 Å². The quantitative estimate of drug-likeness (QED) is 0.707. The maximum absolute atomic E-state index is 8.94. The Hall–Kier alpha value is -1.60. The van der Waals surface area contributed by atoms with Crippen molar-refractivity contribution >= 4 is 0 Å². The van der Waals surface area contributed by atoms with Crippen LogP contribution in [-0.2, 0) is 6.54 Å². The van der Waals surface area contributed by atoms with Crippen LogP contribution in [0.5, 0.6) is 5.75 Å². The molecule has 1 N–H and O–H groups in total. The van der Waals surface area contributed by atoms with Crippen LogP contribution in [0.1, 0.15) is 51.6 Å². The van der Waals surface area contributed by atoms with E-state index in [0.29, 0.717) is 12.6 Å². The molecule has 0 saturated heterocycles. The van der Waals surface area contributed by atoms with Crippen LogP contribution >= 0.6 is 0 Å². The Labute approximate surface area is 127 Å². The average molecular weight is 287 g/mol. The maximum Gasteiger partial charge on any atom is 0.137 e. The number of rotatable bonds is 9. The molecule has 0 aromatic carbocycles. The summed E-state index contributed by atoms with van der Waals surface area (Å²) in [7, 11) is 0. The number of nitrogens with one attached hydrogen (secondary N) is 1. The van der Waals surface area contributed by atoms with E-state index in [1.165, 1.54) is 12.8 Å². The smallest absolute Gasteiger partial charge is 0.137 e. The SMILES string of the molecule is CC(C)(C#N)CCCCOc1ccc(CNC2CC2)nc1. The van der Waals surface area contributed by atoms with Gasteiger partial charge in [0.1, 0.15) is 5.75 Å². The number of pyridine rings is 1. The summed E-state index contributed by atoms with van der Waals surface area (Å²) in [5.41, 5.74) is 0.836. The molecule has 1 fully saturated rings. The summed E-state index contributed by atoms with van der Waals surface area (Å²) in [5, 5.41) is 12.4. The largest absolute Gasteiger partial charge is 0.492 e. The van der Waals surface area contributed by atoms with Crippen LogP contribution in [0.2, 0.25) is 0 Å². The van der Waals surface area contributed by atoms with Gasteiger partial charge in [0.25, 0.3) is 0 Å². The van der Waals surface area contributed by atoms with E-state index in [1.54, 1.807) is 6.20 Å². The molecule has 1 aliphatic carbocycles. The van der Waals surface area contributed by atoms with E-state index < -0.39 is 0 Å². The van der Waals surface area contributed by atoms with E-state index >= 15 is 0 Å². The molecule has 1 aliphatic rings. The Morgan fingerprint density at radius 1 is 1.38 bits per heavy atom. The zero-order valence-electron chi connectivity index (χ0n) is 13.1. The molecule has 21 heavy (non-hydrogen) atoms. The maximum atomic E-state index is 8.94. The fraction of sp³-hybridized carbons (Fsp3) is 0.647. The lowest BCUT2D eigenvalue weighted by molar-refractivity contribution is 0.294. The van der Waals surface area contributed by atoms with E-state index in [-0.39, 0.29) is 5.41 Å². The first kappa shape index (κ1) is 15.8. The molecule has 1 saturated carbocycles. The van der Waals surface area contributed by atoms with E-state index in [0.717, 1.165) is 37.3 Å². The number of ether oxygens (including phenoxy) is 1. The summed E-state index contributed by atoms with van der Waals surface area (Å²) in [6.07, 6.45) is 7.28. The highest BCUT2D eigenvalue weighted by molar-refractivity contribution is 5.19. The van der Waals surface area contributed by atoms with Crippen LogP contribution in [0.15, 0.2) is 18.3 Å². The van der Waals surface area contributed by atoms with Crippen molar-refractivity contribution < 1.29 is 4.74 Å². The van der Waals surface area contributed by atoms with Gasteiger partial charge in [-0.3, -0.25) is 4.98 Å². The van der Waals surface area contributed by atoms with Crippen LogP contribution in [-0.4, -0.2) is 17.6 Å². The lowest BCUT2D eigenvalue weighted by Gasteiger charge is -2.14. The van der Waals surface area contributed by atoms with Crippen molar-refractivity contribution in [2.45, 2.75) is 58.5 Å². The van der Waals surface area contributed by atoms with Gasteiger partial charge in [0.15, 0.2) is 0 Å². The highest BCUT2D eigenvalue weighted by Gasteiger charge is 2.20. The third-order valence-corrected chi connectivity index (χ3v) is 3.71. The first-order chi connectivity index (χ1) is 10.1. The van der Waals surface area contributed by atoms with E-state index in [1.807, 2.05) is 26.0 Å². The highest BCUT2D eigenvalue weighted by atomic mass is 16.5. The Balaban J connectivity index is 1.61. The molecule has 0 spiro atoms. The normalized spacial score (nSPS) is 14.7. The lowest BCUT2D eigenvalue weighted by atomic mass is 9.89. The second kappa shape index (κ2) is 7.42. The topological polar surface area (TPSA) is 57.9 Å². The molecule has 1 aromatic heterocycles. The molecule has 114 valence electrons. The van der Waals surface area contributed by atoms with Crippen LogP contribution in [0.3, 0.4) is 0 Å².